The van der Waals surface area contributed by atoms with Gasteiger partial charge < -0.3 is 10.4 Å². The van der Waals surface area contributed by atoms with Crippen molar-refractivity contribution >= 4 is 15.9 Å². The van der Waals surface area contributed by atoms with E-state index < -0.39 is 0 Å². The van der Waals surface area contributed by atoms with Crippen molar-refractivity contribution in [3.63, 3.8) is 0 Å². The zero-order chi connectivity index (χ0) is 10.6. The quantitative estimate of drug-likeness (QED) is 0.869. The van der Waals surface area contributed by atoms with Gasteiger partial charge in [0.1, 0.15) is 0 Å². The Kier molecular flexibility index (Phi) is 4.58. The third-order valence-electron chi connectivity index (χ3n) is 2.18. The second-order valence-corrected chi connectivity index (χ2v) is 4.35. The second kappa shape index (κ2) is 5.49. The molecule has 0 heterocycles. The first-order valence-corrected chi connectivity index (χ1v) is 5.55. The third-order valence-corrected chi connectivity index (χ3v) is 2.90. The molecular formula is C11H16BrNO. The fourth-order valence-electron chi connectivity index (χ4n) is 1.40. The second-order valence-electron chi connectivity index (χ2n) is 3.49. The monoisotopic (exact) mass is 257 g/mol. The smallest absolute Gasteiger partial charge is 0.0582 e. The number of benzene rings is 1. The van der Waals surface area contributed by atoms with E-state index in [9.17, 15) is 0 Å². The number of aliphatic hydroxyl groups excluding tert-OH is 1. The lowest BCUT2D eigenvalue weighted by molar-refractivity contribution is 0.243. The molecule has 1 aromatic rings. The summed E-state index contributed by atoms with van der Waals surface area (Å²) in [5.74, 6) is 0. The van der Waals surface area contributed by atoms with Crippen molar-refractivity contribution in [1.82, 2.24) is 5.32 Å². The number of hydrogen-bond acceptors (Lipinski definition) is 2. The van der Waals surface area contributed by atoms with Gasteiger partial charge in [-0.2, -0.15) is 0 Å². The van der Waals surface area contributed by atoms with Crippen molar-refractivity contribution in [3.05, 3.63) is 34.3 Å². The summed E-state index contributed by atoms with van der Waals surface area (Å²) in [5, 5.41) is 12.2. The maximum absolute atomic E-state index is 8.93. The molecule has 0 fully saturated rings. The molecule has 0 unspecified atom stereocenters. The number of hydrogen-bond donors (Lipinski definition) is 2. The standard InChI is InChI=1S/C11H16BrNO/c1-8(7-14)13-9(2)10-5-3-4-6-11(10)12/h3-6,8-9,13-14H,7H2,1-2H3/t8-,9+/m1/s1. The van der Waals surface area contributed by atoms with Crippen molar-refractivity contribution in [3.8, 4) is 0 Å². The first-order valence-electron chi connectivity index (χ1n) is 4.76. The van der Waals surface area contributed by atoms with Crippen LogP contribution in [0.15, 0.2) is 28.7 Å². The van der Waals surface area contributed by atoms with Gasteiger partial charge in [-0.25, -0.2) is 0 Å². The van der Waals surface area contributed by atoms with Crippen LogP contribution in [0, 0.1) is 0 Å². The molecule has 0 radical (unpaired) electrons. The van der Waals surface area contributed by atoms with Gasteiger partial charge in [-0.1, -0.05) is 34.1 Å². The van der Waals surface area contributed by atoms with Crippen molar-refractivity contribution in [2.75, 3.05) is 6.61 Å². The molecule has 78 valence electrons. The van der Waals surface area contributed by atoms with Gasteiger partial charge in [0.15, 0.2) is 0 Å². The Morgan fingerprint density at radius 1 is 1.36 bits per heavy atom. The van der Waals surface area contributed by atoms with Crippen molar-refractivity contribution in [1.29, 1.82) is 0 Å². The van der Waals surface area contributed by atoms with Crippen LogP contribution in [-0.4, -0.2) is 17.8 Å². The molecule has 0 saturated heterocycles. The van der Waals surface area contributed by atoms with Gasteiger partial charge in [0.2, 0.25) is 0 Å². The van der Waals surface area contributed by atoms with Crippen molar-refractivity contribution < 1.29 is 5.11 Å². The Morgan fingerprint density at radius 2 is 2.00 bits per heavy atom. The van der Waals surface area contributed by atoms with Gasteiger partial charge in [0, 0.05) is 16.6 Å². The molecule has 0 amide bonds. The number of aliphatic hydroxyl groups is 1. The Balaban J connectivity index is 2.69. The summed E-state index contributed by atoms with van der Waals surface area (Å²) < 4.78 is 1.10. The van der Waals surface area contributed by atoms with Crippen molar-refractivity contribution in [2.24, 2.45) is 0 Å². The Bertz CT molecular complexity index is 290. The molecule has 3 heteroatoms. The fourth-order valence-corrected chi connectivity index (χ4v) is 2.02. The first-order chi connectivity index (χ1) is 6.65. The molecule has 2 N–H and O–H groups in total. The van der Waals surface area contributed by atoms with Crippen LogP contribution < -0.4 is 5.32 Å². The molecule has 0 aliphatic carbocycles. The highest BCUT2D eigenvalue weighted by molar-refractivity contribution is 9.10. The average molecular weight is 258 g/mol. The predicted molar refractivity (Wildman–Crippen MR) is 62.2 cm³/mol. The lowest BCUT2D eigenvalue weighted by atomic mass is 10.1. The molecular weight excluding hydrogens is 242 g/mol. The molecule has 0 aliphatic rings. The summed E-state index contributed by atoms with van der Waals surface area (Å²) in [4.78, 5) is 0. The molecule has 0 saturated carbocycles. The lowest BCUT2D eigenvalue weighted by Crippen LogP contribution is -2.31. The van der Waals surface area contributed by atoms with Gasteiger partial charge in [-0.3, -0.25) is 0 Å². The molecule has 1 aromatic carbocycles. The van der Waals surface area contributed by atoms with E-state index in [1.807, 2.05) is 25.1 Å². The Morgan fingerprint density at radius 3 is 2.57 bits per heavy atom. The molecule has 0 spiro atoms. The van der Waals surface area contributed by atoms with Crippen LogP contribution in [-0.2, 0) is 0 Å². The van der Waals surface area contributed by atoms with Gasteiger partial charge >= 0.3 is 0 Å². The summed E-state index contributed by atoms with van der Waals surface area (Å²) in [6.45, 7) is 4.22. The normalized spacial score (nSPS) is 15.1. The minimum atomic E-state index is 0.122. The van der Waals surface area contributed by atoms with E-state index in [1.165, 1.54) is 5.56 Å². The van der Waals surface area contributed by atoms with Crippen LogP contribution >= 0.6 is 15.9 Å². The zero-order valence-electron chi connectivity index (χ0n) is 8.50. The summed E-state index contributed by atoms with van der Waals surface area (Å²) in [6.07, 6.45) is 0. The zero-order valence-corrected chi connectivity index (χ0v) is 10.1. The van der Waals surface area contributed by atoms with Crippen LogP contribution in [0.1, 0.15) is 25.5 Å². The van der Waals surface area contributed by atoms with E-state index in [-0.39, 0.29) is 18.7 Å². The van der Waals surface area contributed by atoms with Gasteiger partial charge in [-0.15, -0.1) is 0 Å². The summed E-state index contributed by atoms with van der Waals surface area (Å²) in [7, 11) is 0. The Hall–Kier alpha value is -0.380. The first kappa shape index (κ1) is 11.7. The molecule has 14 heavy (non-hydrogen) atoms. The predicted octanol–water partition coefficient (Wildman–Crippen LogP) is 2.48. The lowest BCUT2D eigenvalue weighted by Gasteiger charge is -2.19. The molecule has 1 rings (SSSR count). The van der Waals surface area contributed by atoms with Crippen LogP contribution in [0.5, 0.6) is 0 Å². The number of halogens is 1. The summed E-state index contributed by atoms with van der Waals surface area (Å²) >= 11 is 3.51. The number of nitrogens with one attached hydrogen (secondary N) is 1. The largest absolute Gasteiger partial charge is 0.395 e. The highest BCUT2D eigenvalue weighted by Gasteiger charge is 2.10. The average Bonchev–Trinajstić information content (AvgIpc) is 2.18. The van der Waals surface area contributed by atoms with Crippen LogP contribution in [0.25, 0.3) is 0 Å². The summed E-state index contributed by atoms with van der Waals surface area (Å²) in [5.41, 5.74) is 1.22. The summed E-state index contributed by atoms with van der Waals surface area (Å²) in [6, 6.07) is 8.48. The molecule has 0 aromatic heterocycles. The van der Waals surface area contributed by atoms with Crippen LogP contribution in [0.3, 0.4) is 0 Å². The molecule has 0 bridgehead atoms. The van der Waals surface area contributed by atoms with Gasteiger partial charge in [-0.05, 0) is 25.5 Å². The maximum Gasteiger partial charge on any atom is 0.0582 e. The van der Waals surface area contributed by atoms with Crippen LogP contribution in [0.4, 0.5) is 0 Å². The molecule has 2 atom stereocenters. The van der Waals surface area contributed by atoms with E-state index >= 15 is 0 Å². The van der Waals surface area contributed by atoms with E-state index in [4.69, 9.17) is 5.11 Å². The van der Waals surface area contributed by atoms with E-state index in [0.29, 0.717) is 0 Å². The van der Waals surface area contributed by atoms with E-state index in [0.717, 1.165) is 4.47 Å². The van der Waals surface area contributed by atoms with Gasteiger partial charge in [0.05, 0.1) is 6.61 Å². The Labute approximate surface area is 93.5 Å². The topological polar surface area (TPSA) is 32.3 Å². The minimum absolute atomic E-state index is 0.122. The SMILES string of the molecule is C[C@H](CO)N[C@@H](C)c1ccccc1Br. The maximum atomic E-state index is 8.93. The third kappa shape index (κ3) is 3.08. The molecule has 2 nitrogen and oxygen atoms in total. The van der Waals surface area contributed by atoms with Crippen molar-refractivity contribution in [2.45, 2.75) is 25.9 Å². The highest BCUT2D eigenvalue weighted by atomic mass is 79.9. The van der Waals surface area contributed by atoms with Crippen LogP contribution in [0.2, 0.25) is 0 Å². The number of rotatable bonds is 4. The minimum Gasteiger partial charge on any atom is -0.395 e. The van der Waals surface area contributed by atoms with E-state index in [1.54, 1.807) is 0 Å². The highest BCUT2D eigenvalue weighted by Crippen LogP contribution is 2.22. The van der Waals surface area contributed by atoms with E-state index in [2.05, 4.69) is 34.2 Å². The van der Waals surface area contributed by atoms with Gasteiger partial charge in [0.25, 0.3) is 0 Å². The molecule has 0 aliphatic heterocycles. The fraction of sp³-hybridized carbons (Fsp3) is 0.455.